The van der Waals surface area contributed by atoms with E-state index in [1.807, 2.05) is 7.11 Å². The Kier molecular flexibility index (Phi) is 26.2. The third-order valence-electron chi connectivity index (χ3n) is 11.2. The van der Waals surface area contributed by atoms with Gasteiger partial charge in [0.25, 0.3) is 0 Å². The van der Waals surface area contributed by atoms with E-state index in [1.54, 1.807) is 0 Å². The molecular weight excluding hydrogens is 672 g/mol. The van der Waals surface area contributed by atoms with Crippen molar-refractivity contribution in [1.29, 1.82) is 0 Å². The minimum atomic E-state index is -0.586. The van der Waals surface area contributed by atoms with Crippen LogP contribution in [0.15, 0.2) is 0 Å². The molecule has 7 heteroatoms. The fourth-order valence-corrected chi connectivity index (χ4v) is 7.13. The lowest BCUT2D eigenvalue weighted by Crippen LogP contribution is -2.40. The van der Waals surface area contributed by atoms with Crippen LogP contribution in [0.25, 0.3) is 0 Å². The zero-order valence-corrected chi connectivity index (χ0v) is 38.9. The van der Waals surface area contributed by atoms with Crippen molar-refractivity contribution in [2.75, 3.05) is 98.9 Å². The Hall–Kier alpha value is -0.310. The molecule has 4 heterocycles. The number of rotatable bonds is 9. The van der Waals surface area contributed by atoms with E-state index in [1.165, 1.54) is 123 Å². The summed E-state index contributed by atoms with van der Waals surface area (Å²) in [5.41, 5.74) is 1.80. The van der Waals surface area contributed by atoms with Crippen LogP contribution in [-0.4, -0.2) is 131 Å². The highest BCUT2D eigenvalue weighted by Crippen LogP contribution is 2.23. The van der Waals surface area contributed by atoms with Crippen LogP contribution in [0.5, 0.6) is 0 Å². The lowest BCUT2D eigenvalue weighted by Gasteiger charge is -2.33. The molecule has 2 unspecified atom stereocenters. The van der Waals surface area contributed by atoms with Gasteiger partial charge in [-0.2, -0.15) is 0 Å². The average molecular weight is 769 g/mol. The maximum absolute atomic E-state index is 13.3. The van der Waals surface area contributed by atoms with Gasteiger partial charge in [-0.15, -0.1) is 0 Å². The molecule has 4 aliphatic rings. The molecule has 0 N–H and O–H groups in total. The van der Waals surface area contributed by atoms with Crippen molar-refractivity contribution in [3.05, 3.63) is 0 Å². The SMILES string of the molecule is CC(C)(C)CCN1CCCCC(F)C1.CC(C)(C)CCN1CCCCCC1.CC(C)(C)CCN1CCCOCC1.COC1CCCN(CCC(C)(C)C)C1. The normalized spacial score (nSPS) is 23.7. The second-order valence-electron chi connectivity index (χ2n) is 22.0. The van der Waals surface area contributed by atoms with E-state index < -0.39 is 6.17 Å². The van der Waals surface area contributed by atoms with Crippen LogP contribution in [0.2, 0.25) is 0 Å². The lowest BCUT2D eigenvalue weighted by molar-refractivity contribution is 0.0280. The van der Waals surface area contributed by atoms with Gasteiger partial charge in [0.15, 0.2) is 0 Å². The van der Waals surface area contributed by atoms with Crippen LogP contribution in [0.1, 0.15) is 173 Å². The summed E-state index contributed by atoms with van der Waals surface area (Å²) in [7, 11) is 1.83. The van der Waals surface area contributed by atoms with E-state index in [4.69, 9.17) is 9.47 Å². The van der Waals surface area contributed by atoms with E-state index in [9.17, 15) is 4.39 Å². The van der Waals surface area contributed by atoms with Crippen molar-refractivity contribution in [2.45, 2.75) is 185 Å². The third-order valence-corrected chi connectivity index (χ3v) is 11.2. The van der Waals surface area contributed by atoms with Crippen molar-refractivity contribution >= 4 is 0 Å². The molecule has 0 spiro atoms. The van der Waals surface area contributed by atoms with E-state index in [0.29, 0.717) is 34.3 Å². The van der Waals surface area contributed by atoms with Crippen LogP contribution in [0.3, 0.4) is 0 Å². The Labute approximate surface area is 338 Å². The third kappa shape index (κ3) is 31.7. The summed E-state index contributed by atoms with van der Waals surface area (Å²) >= 11 is 0. The van der Waals surface area contributed by atoms with Gasteiger partial charge in [0.1, 0.15) is 6.17 Å². The number of hydrogen-bond donors (Lipinski definition) is 0. The first-order valence-electron chi connectivity index (χ1n) is 22.8. The first-order valence-corrected chi connectivity index (χ1v) is 22.8. The van der Waals surface area contributed by atoms with Crippen LogP contribution < -0.4 is 0 Å². The van der Waals surface area contributed by atoms with Crippen molar-refractivity contribution in [3.63, 3.8) is 0 Å². The number of piperidine rings is 1. The summed E-state index contributed by atoms with van der Waals surface area (Å²) in [5, 5.41) is 0. The summed E-state index contributed by atoms with van der Waals surface area (Å²) in [6.45, 7) is 43.5. The largest absolute Gasteiger partial charge is 0.380 e. The topological polar surface area (TPSA) is 31.4 Å². The molecule has 2 atom stereocenters. The summed E-state index contributed by atoms with van der Waals surface area (Å²) in [4.78, 5) is 10.0. The first kappa shape index (κ1) is 51.7. The van der Waals surface area contributed by atoms with E-state index in [-0.39, 0.29) is 0 Å². The molecule has 4 aliphatic heterocycles. The molecular formula is C47H97FN4O2. The van der Waals surface area contributed by atoms with Gasteiger partial charge in [0.05, 0.1) is 12.7 Å². The number of hydrogen-bond acceptors (Lipinski definition) is 6. The molecule has 0 aromatic heterocycles. The molecule has 54 heavy (non-hydrogen) atoms. The fraction of sp³-hybridized carbons (Fsp3) is 1.00. The number of nitrogens with zero attached hydrogens (tertiary/aromatic N) is 4. The Bertz CT molecular complexity index is 840. The van der Waals surface area contributed by atoms with Crippen molar-refractivity contribution in [2.24, 2.45) is 21.7 Å². The number of halogens is 1. The van der Waals surface area contributed by atoms with Gasteiger partial charge >= 0.3 is 0 Å². The van der Waals surface area contributed by atoms with Crippen LogP contribution in [0, 0.1) is 21.7 Å². The molecule has 0 bridgehead atoms. The van der Waals surface area contributed by atoms with Crippen LogP contribution in [-0.2, 0) is 9.47 Å². The first-order chi connectivity index (χ1) is 25.1. The minimum Gasteiger partial charge on any atom is -0.380 e. The molecule has 6 nitrogen and oxygen atoms in total. The molecule has 0 aromatic rings. The standard InChI is InChI=1S/C12H24FN.C12H25NO.C12H25N.C11H23NO/c1-12(2,3)7-9-14-8-5-4-6-11(13)10-14;1-12(2,3)7-9-13-8-5-6-11(10-13)14-4;1-12(2,3)8-11-13-9-6-4-5-7-10-13;1-11(2,3)5-7-12-6-4-9-13-10-8-12/h11H,4-10H2,1-3H3;11H,5-10H2,1-4H3;4-11H2,1-3H3;4-10H2,1-3H3. The highest BCUT2D eigenvalue weighted by atomic mass is 19.1. The van der Waals surface area contributed by atoms with Gasteiger partial charge in [-0.1, -0.05) is 95.9 Å². The monoisotopic (exact) mass is 769 g/mol. The van der Waals surface area contributed by atoms with Gasteiger partial charge in [-0.25, -0.2) is 4.39 Å². The number of likely N-dealkylation sites (tertiary alicyclic amines) is 3. The number of ether oxygens (including phenoxy) is 2. The van der Waals surface area contributed by atoms with Gasteiger partial charge < -0.3 is 29.1 Å². The summed E-state index contributed by atoms with van der Waals surface area (Å²) < 4.78 is 24.1. The van der Waals surface area contributed by atoms with Gasteiger partial charge in [-0.3, -0.25) is 0 Å². The zero-order chi connectivity index (χ0) is 40.7. The highest BCUT2D eigenvalue weighted by Gasteiger charge is 2.22. The highest BCUT2D eigenvalue weighted by molar-refractivity contribution is 4.76. The van der Waals surface area contributed by atoms with Crippen molar-refractivity contribution < 1.29 is 13.9 Å². The predicted molar refractivity (Wildman–Crippen MR) is 235 cm³/mol. The quantitative estimate of drug-likeness (QED) is 0.232. The Morgan fingerprint density at radius 3 is 1.37 bits per heavy atom. The molecule has 324 valence electrons. The summed E-state index contributed by atoms with van der Waals surface area (Å²) in [6.07, 6.45) is 17.4. The molecule has 0 amide bonds. The maximum atomic E-state index is 13.3. The maximum Gasteiger partial charge on any atom is 0.113 e. The summed E-state index contributed by atoms with van der Waals surface area (Å²) in [5.74, 6) is 0. The number of alkyl halides is 1. The second kappa shape index (κ2) is 27.4. The molecule has 4 saturated heterocycles. The van der Waals surface area contributed by atoms with E-state index in [0.717, 1.165) is 52.2 Å². The fourth-order valence-electron chi connectivity index (χ4n) is 7.13. The zero-order valence-electron chi connectivity index (χ0n) is 38.9. The number of methoxy groups -OCH3 is 1. The lowest BCUT2D eigenvalue weighted by atomic mass is 9.91. The van der Waals surface area contributed by atoms with E-state index in [2.05, 4.69) is 103 Å². The van der Waals surface area contributed by atoms with Crippen LogP contribution in [0.4, 0.5) is 4.39 Å². The smallest absolute Gasteiger partial charge is 0.113 e. The van der Waals surface area contributed by atoms with Crippen molar-refractivity contribution in [1.82, 2.24) is 19.6 Å². The second-order valence-corrected chi connectivity index (χ2v) is 22.0. The molecule has 0 aliphatic carbocycles. The molecule has 0 radical (unpaired) electrons. The van der Waals surface area contributed by atoms with E-state index >= 15 is 0 Å². The van der Waals surface area contributed by atoms with Gasteiger partial charge in [-0.05, 0) is 151 Å². The molecule has 4 fully saturated rings. The Morgan fingerprint density at radius 2 is 0.870 bits per heavy atom. The Balaban J connectivity index is 0.000000360. The Morgan fingerprint density at radius 1 is 0.463 bits per heavy atom. The molecule has 0 saturated carbocycles. The molecule has 4 rings (SSSR count). The minimum absolute atomic E-state index is 0.373. The van der Waals surface area contributed by atoms with Gasteiger partial charge in [0.2, 0.25) is 0 Å². The van der Waals surface area contributed by atoms with Crippen molar-refractivity contribution in [3.8, 4) is 0 Å². The summed E-state index contributed by atoms with van der Waals surface area (Å²) in [6, 6.07) is 0. The van der Waals surface area contributed by atoms with Gasteiger partial charge in [0, 0.05) is 39.9 Å². The average Bonchev–Trinajstić information content (AvgIpc) is 3.59. The molecule has 0 aromatic carbocycles. The van der Waals surface area contributed by atoms with Crippen LogP contribution >= 0.6 is 0 Å². The predicted octanol–water partition coefficient (Wildman–Crippen LogP) is 11.2.